The van der Waals surface area contributed by atoms with Gasteiger partial charge in [0.05, 0.1) is 8.07 Å². The van der Waals surface area contributed by atoms with Crippen LogP contribution in [0.1, 0.15) is 50.7 Å². The molecule has 0 saturated heterocycles. The van der Waals surface area contributed by atoms with Gasteiger partial charge in [0.25, 0.3) is 0 Å². The van der Waals surface area contributed by atoms with Crippen molar-refractivity contribution in [2.75, 3.05) is 0 Å². The Morgan fingerprint density at radius 3 is 2.40 bits per heavy atom. The summed E-state index contributed by atoms with van der Waals surface area (Å²) in [7, 11) is -1.34. The van der Waals surface area contributed by atoms with Gasteiger partial charge in [0.1, 0.15) is 5.82 Å². The summed E-state index contributed by atoms with van der Waals surface area (Å²) in [6, 6.07) is 30.6. The van der Waals surface area contributed by atoms with Crippen LogP contribution in [0.25, 0.3) is 42.7 Å². The molecular weight excluding hydrogens is 792 g/mol. The summed E-state index contributed by atoms with van der Waals surface area (Å²) < 4.78 is 16.4. The first-order valence-corrected chi connectivity index (χ1v) is 20.9. The van der Waals surface area contributed by atoms with E-state index in [0.717, 1.165) is 56.1 Å². The quantitative estimate of drug-likeness (QED) is 0.118. The summed E-state index contributed by atoms with van der Waals surface area (Å²) >= 11 is 1.61. The second kappa shape index (κ2) is 15.5. The third-order valence-corrected chi connectivity index (χ3v) is 12.1. The van der Waals surface area contributed by atoms with E-state index in [1.54, 1.807) is 17.4 Å². The number of aromatic nitrogens is 2. The normalized spacial score (nSPS) is 13.5. The molecule has 7 rings (SSSR count). The van der Waals surface area contributed by atoms with Gasteiger partial charge in [0.2, 0.25) is 0 Å². The maximum Gasteiger partial charge on any atom is 0.130 e. The van der Waals surface area contributed by atoms with E-state index in [2.05, 4.69) is 86.1 Å². The fourth-order valence-corrected chi connectivity index (χ4v) is 9.32. The van der Waals surface area contributed by atoms with E-state index in [4.69, 9.17) is 0 Å². The molecule has 0 spiro atoms. The summed E-state index contributed by atoms with van der Waals surface area (Å²) in [5.74, 6) is 1.32. The van der Waals surface area contributed by atoms with E-state index >= 15 is 0 Å². The molecule has 0 N–H and O–H groups in total. The molecule has 3 heterocycles. The van der Waals surface area contributed by atoms with Crippen LogP contribution in [-0.2, 0) is 32.9 Å². The molecule has 1 radical (unpaired) electrons. The molecule has 3 aromatic carbocycles. The zero-order valence-electron chi connectivity index (χ0n) is 28.0. The molecule has 47 heavy (non-hydrogen) atoms. The first-order valence-electron chi connectivity index (χ1n) is 16.6. The number of hydrogen-bond acceptors (Lipinski definition) is 3. The molecule has 0 atom stereocenters. The molecule has 0 amide bonds. The average Bonchev–Trinajstić information content (AvgIpc) is 3.69. The molecule has 3 aromatic heterocycles. The molecule has 0 unspecified atom stereocenters. The van der Waals surface area contributed by atoms with Crippen LogP contribution in [0.5, 0.6) is 0 Å². The zero-order chi connectivity index (χ0) is 32.3. The van der Waals surface area contributed by atoms with Gasteiger partial charge in [-0.3, -0.25) is 0 Å². The van der Waals surface area contributed by atoms with Crippen molar-refractivity contribution in [3.63, 3.8) is 0 Å². The van der Waals surface area contributed by atoms with Gasteiger partial charge in [-0.25, -0.2) is 4.39 Å². The molecule has 6 heteroatoms. The molecular formula is C41H43FIrN2SSi-2. The number of nitrogens with zero attached hydrogens (tertiary/aromatic N) is 2. The second-order valence-corrected chi connectivity index (χ2v) is 20.2. The molecule has 0 aliphatic heterocycles. The van der Waals surface area contributed by atoms with Crippen LogP contribution in [0.15, 0.2) is 85.2 Å². The van der Waals surface area contributed by atoms with E-state index in [1.165, 1.54) is 48.1 Å². The zero-order valence-corrected chi connectivity index (χ0v) is 32.2. The minimum absolute atomic E-state index is 0. The van der Waals surface area contributed by atoms with Gasteiger partial charge in [-0.15, -0.1) is 59.7 Å². The van der Waals surface area contributed by atoms with Gasteiger partial charge < -0.3 is 9.97 Å². The number of benzene rings is 3. The molecule has 245 valence electrons. The second-order valence-electron chi connectivity index (χ2n) is 14.1. The van der Waals surface area contributed by atoms with Crippen molar-refractivity contribution < 1.29 is 24.5 Å². The van der Waals surface area contributed by atoms with E-state index in [-0.39, 0.29) is 25.9 Å². The summed E-state index contributed by atoms with van der Waals surface area (Å²) in [5.41, 5.74) is 6.81. The maximum absolute atomic E-state index is 14.4. The Kier molecular flexibility index (Phi) is 11.6. The van der Waals surface area contributed by atoms with Gasteiger partial charge in [0, 0.05) is 42.6 Å². The standard InChI is InChI=1S/C23H19FNS.C18H24NSi.Ir/c24-19-6-3-7-22-23(19)18-14-17(8-9-21(18)26-22)20-13-16(10-11-25-20)12-15-4-1-2-5-15;1-14(2)11-16-12-17(15-9-7-6-8-10-15)19-13-18(16)20(3,4)5;/h3,6-7,9-11,13-15H,1-2,4-5,12H2;6-9,12-14H,11H2,1-5H3;/q2*-1;. The minimum atomic E-state index is -1.34. The Morgan fingerprint density at radius 2 is 1.68 bits per heavy atom. The van der Waals surface area contributed by atoms with E-state index < -0.39 is 8.07 Å². The maximum atomic E-state index is 14.4. The number of thiophene rings is 1. The van der Waals surface area contributed by atoms with E-state index in [0.29, 0.717) is 11.3 Å². The Balaban J connectivity index is 0.000000188. The van der Waals surface area contributed by atoms with Crippen LogP contribution in [0, 0.1) is 29.8 Å². The van der Waals surface area contributed by atoms with Gasteiger partial charge >= 0.3 is 0 Å². The van der Waals surface area contributed by atoms with Gasteiger partial charge in [0.15, 0.2) is 0 Å². The van der Waals surface area contributed by atoms with Gasteiger partial charge in [-0.05, 0) is 64.2 Å². The summed E-state index contributed by atoms with van der Waals surface area (Å²) in [4.78, 5) is 9.24. The van der Waals surface area contributed by atoms with Crippen molar-refractivity contribution in [1.82, 2.24) is 9.97 Å². The number of rotatable bonds is 7. The van der Waals surface area contributed by atoms with E-state index in [9.17, 15) is 4.39 Å². The average molecular weight is 835 g/mol. The summed E-state index contributed by atoms with van der Waals surface area (Å²) in [6.45, 7) is 11.7. The smallest absolute Gasteiger partial charge is 0.130 e. The van der Waals surface area contributed by atoms with Crippen LogP contribution in [0.4, 0.5) is 4.39 Å². The van der Waals surface area contributed by atoms with Gasteiger partial charge in [-0.2, -0.15) is 11.3 Å². The molecule has 2 nitrogen and oxygen atoms in total. The van der Waals surface area contributed by atoms with E-state index in [1.807, 2.05) is 42.6 Å². The SMILES string of the molecule is CC(C)Cc1cc(-c2[c-]cccc2)ncc1[Si](C)(C)C.Fc1cccc2sc3c[c-]c(-c4cc(CC5CCCC5)ccn4)cc3c12.[Ir]. The third-order valence-electron chi connectivity index (χ3n) is 8.89. The summed E-state index contributed by atoms with van der Waals surface area (Å²) in [6.07, 6.45) is 11.7. The Morgan fingerprint density at radius 1 is 0.894 bits per heavy atom. The van der Waals surface area contributed by atoms with Crippen molar-refractivity contribution in [1.29, 1.82) is 0 Å². The molecule has 1 saturated carbocycles. The number of hydrogen-bond donors (Lipinski definition) is 0. The first-order chi connectivity index (χ1) is 22.2. The Labute approximate surface area is 298 Å². The predicted molar refractivity (Wildman–Crippen MR) is 197 cm³/mol. The van der Waals surface area contributed by atoms with Crippen LogP contribution < -0.4 is 5.19 Å². The molecule has 1 aliphatic rings. The van der Waals surface area contributed by atoms with Crippen molar-refractivity contribution in [3.05, 3.63) is 114 Å². The number of halogens is 1. The molecule has 0 bridgehead atoms. The fourth-order valence-electron chi connectivity index (χ4n) is 6.65. The molecule has 6 aromatic rings. The predicted octanol–water partition coefficient (Wildman–Crippen LogP) is 11.1. The van der Waals surface area contributed by atoms with Crippen molar-refractivity contribution >= 4 is 44.8 Å². The fraction of sp³-hybridized carbons (Fsp3) is 0.317. The van der Waals surface area contributed by atoms with Crippen LogP contribution >= 0.6 is 11.3 Å². The molecule has 1 aliphatic carbocycles. The Bertz CT molecular complexity index is 1940. The number of pyridine rings is 2. The third kappa shape index (κ3) is 8.53. The monoisotopic (exact) mass is 835 g/mol. The van der Waals surface area contributed by atoms with Gasteiger partial charge in [-0.1, -0.05) is 93.9 Å². The van der Waals surface area contributed by atoms with Crippen molar-refractivity contribution in [2.45, 2.75) is 72.0 Å². The van der Waals surface area contributed by atoms with Crippen molar-refractivity contribution in [2.24, 2.45) is 11.8 Å². The summed E-state index contributed by atoms with van der Waals surface area (Å²) in [5, 5.41) is 3.16. The topological polar surface area (TPSA) is 25.8 Å². The van der Waals surface area contributed by atoms with Crippen LogP contribution in [-0.4, -0.2) is 18.0 Å². The molecule has 1 fully saturated rings. The van der Waals surface area contributed by atoms with Crippen LogP contribution in [0.2, 0.25) is 19.6 Å². The minimum Gasteiger partial charge on any atom is -0.305 e. The van der Waals surface area contributed by atoms with Crippen molar-refractivity contribution in [3.8, 4) is 22.5 Å². The largest absolute Gasteiger partial charge is 0.305 e. The Hall–Kier alpha value is -3.02. The van der Waals surface area contributed by atoms with Crippen LogP contribution in [0.3, 0.4) is 0 Å². The first kappa shape index (κ1) is 35.3. The number of fused-ring (bicyclic) bond motifs is 3.